The lowest BCUT2D eigenvalue weighted by Crippen LogP contribution is -2.42. The molecule has 170 valence electrons. The van der Waals surface area contributed by atoms with Crippen LogP contribution in [0.3, 0.4) is 0 Å². The molecule has 3 aliphatic rings. The van der Waals surface area contributed by atoms with E-state index in [2.05, 4.69) is 16.8 Å². The first-order valence-corrected chi connectivity index (χ1v) is 12.0. The fourth-order valence-corrected chi connectivity index (χ4v) is 5.15. The molecule has 0 spiro atoms. The summed E-state index contributed by atoms with van der Waals surface area (Å²) in [6.45, 7) is 4.31. The monoisotopic (exact) mass is 435 g/mol. The third-order valence-corrected chi connectivity index (χ3v) is 7.08. The van der Waals surface area contributed by atoms with Gasteiger partial charge in [0.2, 0.25) is 5.95 Å². The quantitative estimate of drug-likeness (QED) is 0.735. The van der Waals surface area contributed by atoms with Gasteiger partial charge in [-0.25, -0.2) is 4.98 Å². The fourth-order valence-electron chi connectivity index (χ4n) is 5.15. The van der Waals surface area contributed by atoms with Crippen molar-refractivity contribution in [1.82, 2.24) is 14.9 Å². The number of aromatic nitrogens is 2. The second-order valence-corrected chi connectivity index (χ2v) is 9.12. The first-order chi connectivity index (χ1) is 15.7. The predicted octanol–water partition coefficient (Wildman–Crippen LogP) is 3.28. The van der Waals surface area contributed by atoms with Gasteiger partial charge in [-0.05, 0) is 25.0 Å². The molecule has 2 fully saturated rings. The molecule has 5 rings (SSSR count). The molecule has 1 saturated heterocycles. The number of ether oxygens (including phenoxy) is 1. The van der Waals surface area contributed by atoms with Gasteiger partial charge in [-0.1, -0.05) is 37.5 Å². The highest BCUT2D eigenvalue weighted by molar-refractivity contribution is 5.94. The van der Waals surface area contributed by atoms with Crippen molar-refractivity contribution in [3.05, 3.63) is 47.2 Å². The van der Waals surface area contributed by atoms with Gasteiger partial charge in [-0.15, -0.1) is 0 Å². The summed E-state index contributed by atoms with van der Waals surface area (Å²) in [4.78, 5) is 29.8. The lowest BCUT2D eigenvalue weighted by molar-refractivity contribution is 0.0733. The van der Waals surface area contributed by atoms with Crippen molar-refractivity contribution in [2.24, 2.45) is 0 Å². The average molecular weight is 436 g/mol. The number of hydrogen-bond donors (Lipinski definition) is 0. The van der Waals surface area contributed by atoms with Gasteiger partial charge in [-0.2, -0.15) is 4.98 Å². The van der Waals surface area contributed by atoms with E-state index >= 15 is 0 Å². The molecule has 0 unspecified atom stereocenters. The third kappa shape index (κ3) is 4.31. The van der Waals surface area contributed by atoms with Crippen molar-refractivity contribution in [3.8, 4) is 0 Å². The largest absolute Gasteiger partial charge is 0.378 e. The molecule has 2 aliphatic heterocycles. The Morgan fingerprint density at radius 3 is 2.53 bits per heavy atom. The average Bonchev–Trinajstić information content (AvgIpc) is 2.88. The molecule has 1 amide bonds. The first-order valence-electron chi connectivity index (χ1n) is 12.0. The van der Waals surface area contributed by atoms with Crippen molar-refractivity contribution in [1.29, 1.82) is 0 Å². The van der Waals surface area contributed by atoms with Gasteiger partial charge in [0.15, 0.2) is 0 Å². The summed E-state index contributed by atoms with van der Waals surface area (Å²) in [7, 11) is 2.15. The minimum absolute atomic E-state index is 0.0765. The van der Waals surface area contributed by atoms with Crippen LogP contribution in [0.1, 0.15) is 53.7 Å². The van der Waals surface area contributed by atoms with Gasteiger partial charge >= 0.3 is 0 Å². The summed E-state index contributed by atoms with van der Waals surface area (Å²) in [5, 5.41) is 0. The van der Waals surface area contributed by atoms with Crippen LogP contribution in [0.25, 0.3) is 0 Å². The molecular weight excluding hydrogens is 402 g/mol. The maximum absolute atomic E-state index is 13.1. The van der Waals surface area contributed by atoms with Crippen LogP contribution in [-0.2, 0) is 17.7 Å². The number of carbonyl (C=O) groups excluding carboxylic acids is 1. The molecule has 32 heavy (non-hydrogen) atoms. The molecule has 7 heteroatoms. The molecular formula is C25H33N5O2. The molecule has 2 aromatic rings. The Balaban J connectivity index is 1.46. The number of benzene rings is 1. The maximum atomic E-state index is 13.1. The fraction of sp³-hybridized carbons (Fsp3) is 0.560. The molecule has 1 aromatic carbocycles. The number of fused-ring (bicyclic) bond motifs is 1. The number of carbonyl (C=O) groups is 1. The number of hydrogen-bond acceptors (Lipinski definition) is 6. The molecule has 0 N–H and O–H groups in total. The van der Waals surface area contributed by atoms with Crippen LogP contribution in [0.2, 0.25) is 0 Å². The minimum Gasteiger partial charge on any atom is -0.378 e. The van der Waals surface area contributed by atoms with Gasteiger partial charge in [0.05, 0.1) is 25.5 Å². The maximum Gasteiger partial charge on any atom is 0.254 e. The van der Waals surface area contributed by atoms with E-state index in [4.69, 9.17) is 14.7 Å². The molecule has 0 bridgehead atoms. The lowest BCUT2D eigenvalue weighted by atomic mass is 9.95. The zero-order valence-corrected chi connectivity index (χ0v) is 19.0. The van der Waals surface area contributed by atoms with Gasteiger partial charge in [0.25, 0.3) is 5.91 Å². The topological polar surface area (TPSA) is 61.8 Å². The summed E-state index contributed by atoms with van der Waals surface area (Å²) >= 11 is 0. The number of morpholine rings is 1. The minimum atomic E-state index is 0.0765. The molecule has 1 aromatic heterocycles. The Labute approximate surface area is 190 Å². The van der Waals surface area contributed by atoms with E-state index in [0.29, 0.717) is 32.3 Å². The van der Waals surface area contributed by atoms with E-state index in [0.717, 1.165) is 48.1 Å². The smallest absolute Gasteiger partial charge is 0.254 e. The second kappa shape index (κ2) is 9.45. The summed E-state index contributed by atoms with van der Waals surface area (Å²) in [6.07, 6.45) is 7.09. The van der Waals surface area contributed by atoms with Crippen molar-refractivity contribution < 1.29 is 9.53 Å². The third-order valence-electron chi connectivity index (χ3n) is 7.08. The molecule has 0 radical (unpaired) electrons. The second-order valence-electron chi connectivity index (χ2n) is 9.12. The Morgan fingerprint density at radius 2 is 1.78 bits per heavy atom. The van der Waals surface area contributed by atoms with E-state index in [1.165, 1.54) is 32.1 Å². The van der Waals surface area contributed by atoms with Crippen molar-refractivity contribution >= 4 is 17.7 Å². The Hall–Kier alpha value is -2.67. The zero-order valence-electron chi connectivity index (χ0n) is 19.0. The Bertz CT molecular complexity index is 939. The number of amides is 1. The summed E-state index contributed by atoms with van der Waals surface area (Å²) in [5.41, 5.74) is 2.93. The van der Waals surface area contributed by atoms with E-state index in [-0.39, 0.29) is 5.91 Å². The van der Waals surface area contributed by atoms with Crippen LogP contribution in [0.5, 0.6) is 0 Å². The Morgan fingerprint density at radius 1 is 1.03 bits per heavy atom. The highest BCUT2D eigenvalue weighted by Crippen LogP contribution is 2.32. The summed E-state index contributed by atoms with van der Waals surface area (Å²) in [6, 6.07) is 10.1. The van der Waals surface area contributed by atoms with E-state index in [1.54, 1.807) is 0 Å². The van der Waals surface area contributed by atoms with Crippen LogP contribution in [0.15, 0.2) is 30.3 Å². The summed E-state index contributed by atoms with van der Waals surface area (Å²) < 4.78 is 5.60. The normalized spacial score (nSPS) is 19.5. The number of anilines is 2. The standard InChI is InChI=1S/C25H33N5O2/c1-28(20-10-6-3-7-11-20)25-26-22-12-13-30(24(31)19-8-4-2-5-9-19)18-21(22)23(27-25)29-14-16-32-17-15-29/h2,4-5,8-9,20H,3,6-7,10-18H2,1H3. The SMILES string of the molecule is CN(c1nc2c(c(N3CCOCC3)n1)CN(C(=O)c1ccccc1)CC2)C1CCCCC1. The van der Waals surface area contributed by atoms with Gasteiger partial charge in [0, 0.05) is 50.3 Å². The van der Waals surface area contributed by atoms with Gasteiger partial charge in [0.1, 0.15) is 5.82 Å². The number of rotatable bonds is 4. The Kier molecular flexibility index (Phi) is 6.26. The molecule has 3 heterocycles. The molecule has 0 atom stereocenters. The highest BCUT2D eigenvalue weighted by Gasteiger charge is 2.30. The van der Waals surface area contributed by atoms with Crippen molar-refractivity contribution in [3.63, 3.8) is 0 Å². The van der Waals surface area contributed by atoms with Crippen molar-refractivity contribution in [2.75, 3.05) is 49.7 Å². The van der Waals surface area contributed by atoms with Crippen molar-refractivity contribution in [2.45, 2.75) is 51.1 Å². The summed E-state index contributed by atoms with van der Waals surface area (Å²) in [5.74, 6) is 1.90. The van der Waals surface area contributed by atoms with Crippen LogP contribution in [0, 0.1) is 0 Å². The van der Waals surface area contributed by atoms with Crippen LogP contribution >= 0.6 is 0 Å². The highest BCUT2D eigenvalue weighted by atomic mass is 16.5. The number of nitrogens with zero attached hydrogens (tertiary/aromatic N) is 5. The first kappa shape index (κ1) is 21.2. The van der Waals surface area contributed by atoms with E-state index < -0.39 is 0 Å². The van der Waals surface area contributed by atoms with Crippen LogP contribution in [0.4, 0.5) is 11.8 Å². The lowest BCUT2D eigenvalue weighted by Gasteiger charge is -2.37. The molecule has 1 aliphatic carbocycles. The molecule has 1 saturated carbocycles. The van der Waals surface area contributed by atoms with Gasteiger partial charge < -0.3 is 19.4 Å². The van der Waals surface area contributed by atoms with E-state index in [1.807, 2.05) is 35.2 Å². The predicted molar refractivity (Wildman–Crippen MR) is 125 cm³/mol. The van der Waals surface area contributed by atoms with Crippen LogP contribution in [-0.4, -0.2) is 66.7 Å². The van der Waals surface area contributed by atoms with E-state index in [9.17, 15) is 4.79 Å². The van der Waals surface area contributed by atoms with Crippen LogP contribution < -0.4 is 9.80 Å². The van der Waals surface area contributed by atoms with Gasteiger partial charge in [-0.3, -0.25) is 4.79 Å². The molecule has 7 nitrogen and oxygen atoms in total. The zero-order chi connectivity index (χ0) is 21.9.